The molecule has 4 atom stereocenters. The van der Waals surface area contributed by atoms with Crippen LogP contribution in [-0.4, -0.2) is 46.0 Å². The van der Waals surface area contributed by atoms with E-state index in [1.165, 1.54) is 31.5 Å². The van der Waals surface area contributed by atoms with Crippen LogP contribution in [0.5, 0.6) is 0 Å². The molecular weight excluding hydrogens is 389 g/mol. The molecule has 2 saturated heterocycles. The summed E-state index contributed by atoms with van der Waals surface area (Å²) in [6, 6.07) is 3.53. The topological polar surface area (TPSA) is 30.3 Å². The molecule has 4 fully saturated rings. The summed E-state index contributed by atoms with van der Waals surface area (Å²) in [6.07, 6.45) is 4.25. The van der Waals surface area contributed by atoms with Gasteiger partial charge in [0, 0.05) is 29.7 Å². The molecule has 2 saturated carbocycles. The van der Waals surface area contributed by atoms with Gasteiger partial charge >= 0.3 is 0 Å². The Bertz CT molecular complexity index is 597. The third-order valence-corrected chi connectivity index (χ3v) is 7.14. The SMILES string of the molecule is CC(C)n1nc(I)cc1C1C2CC3(CCN3C3COC3)C[C@@H]21. The fourth-order valence-electron chi connectivity index (χ4n) is 5.41. The normalized spacial score (nSPS) is 40.8. The number of halogens is 1. The fourth-order valence-corrected chi connectivity index (χ4v) is 5.96. The van der Waals surface area contributed by atoms with Crippen LogP contribution in [0.1, 0.15) is 50.8 Å². The lowest BCUT2D eigenvalue weighted by molar-refractivity contribution is -0.149. The highest BCUT2D eigenvalue weighted by molar-refractivity contribution is 14.1. The third kappa shape index (κ3) is 1.85. The van der Waals surface area contributed by atoms with Crippen molar-refractivity contribution in [3.63, 3.8) is 0 Å². The van der Waals surface area contributed by atoms with Crippen molar-refractivity contribution < 1.29 is 4.74 Å². The number of rotatable bonds is 3. The van der Waals surface area contributed by atoms with Crippen LogP contribution >= 0.6 is 22.6 Å². The molecule has 0 amide bonds. The first-order valence-corrected chi connectivity index (χ1v) is 9.76. The van der Waals surface area contributed by atoms with Crippen LogP contribution in [0.3, 0.4) is 0 Å². The van der Waals surface area contributed by atoms with E-state index in [1.54, 1.807) is 0 Å². The molecule has 5 heteroatoms. The molecule has 4 aliphatic rings. The molecule has 120 valence electrons. The Morgan fingerprint density at radius 3 is 2.55 bits per heavy atom. The number of likely N-dealkylation sites (tertiary alicyclic amines) is 1. The Hall–Kier alpha value is -0.140. The van der Waals surface area contributed by atoms with Crippen LogP contribution in [0.25, 0.3) is 0 Å². The molecule has 3 unspecified atom stereocenters. The fraction of sp³-hybridized carbons (Fsp3) is 0.824. The summed E-state index contributed by atoms with van der Waals surface area (Å²) in [6.45, 7) is 7.74. The highest BCUT2D eigenvalue weighted by atomic mass is 127. The quantitative estimate of drug-likeness (QED) is 0.714. The van der Waals surface area contributed by atoms with E-state index in [-0.39, 0.29) is 0 Å². The number of aromatic nitrogens is 2. The number of nitrogens with zero attached hydrogens (tertiary/aromatic N) is 3. The van der Waals surface area contributed by atoms with Gasteiger partial charge in [-0.15, -0.1) is 0 Å². The number of fused-ring (bicyclic) bond motifs is 1. The molecule has 1 aromatic heterocycles. The molecule has 22 heavy (non-hydrogen) atoms. The highest BCUT2D eigenvalue weighted by Gasteiger charge is 2.67. The Balaban J connectivity index is 1.33. The van der Waals surface area contributed by atoms with Gasteiger partial charge in [0.2, 0.25) is 0 Å². The Morgan fingerprint density at radius 1 is 1.32 bits per heavy atom. The zero-order valence-electron chi connectivity index (χ0n) is 13.3. The van der Waals surface area contributed by atoms with Gasteiger partial charge < -0.3 is 4.74 Å². The summed E-state index contributed by atoms with van der Waals surface area (Å²) in [5.74, 6) is 2.60. The maximum Gasteiger partial charge on any atom is 0.123 e. The summed E-state index contributed by atoms with van der Waals surface area (Å²) in [4.78, 5) is 2.78. The number of hydrogen-bond donors (Lipinski definition) is 0. The van der Waals surface area contributed by atoms with Crippen LogP contribution < -0.4 is 0 Å². The first-order chi connectivity index (χ1) is 10.6. The van der Waals surface area contributed by atoms with E-state index < -0.39 is 0 Å². The van der Waals surface area contributed by atoms with Gasteiger partial charge in [-0.05, 0) is 73.6 Å². The third-order valence-electron chi connectivity index (χ3n) is 6.62. The summed E-state index contributed by atoms with van der Waals surface area (Å²) in [7, 11) is 0. The molecule has 1 spiro atoms. The highest BCUT2D eigenvalue weighted by Crippen LogP contribution is 2.69. The van der Waals surface area contributed by atoms with Gasteiger partial charge in [-0.1, -0.05) is 0 Å². The van der Waals surface area contributed by atoms with Crippen molar-refractivity contribution in [3.05, 3.63) is 15.5 Å². The molecule has 2 aliphatic carbocycles. The standard InChI is InChI=1S/C17H24IN3O/c1-10(2)21-14(5-15(18)19-21)16-12-6-17(7-13(12)16)3-4-20(17)11-8-22-9-11/h5,10-13,16H,3-4,6-9H2,1-2H3/t12-,13?,16?,17?/m0/s1. The average molecular weight is 413 g/mol. The Kier molecular flexibility index (Phi) is 3.04. The summed E-state index contributed by atoms with van der Waals surface area (Å²) in [5.41, 5.74) is 2.05. The molecule has 0 radical (unpaired) electrons. The smallest absolute Gasteiger partial charge is 0.123 e. The number of hydrogen-bond acceptors (Lipinski definition) is 3. The molecule has 5 rings (SSSR count). The first kappa shape index (κ1) is 14.2. The van der Waals surface area contributed by atoms with Crippen molar-refractivity contribution in [2.75, 3.05) is 19.8 Å². The summed E-state index contributed by atoms with van der Waals surface area (Å²) in [5, 5.41) is 4.71. The van der Waals surface area contributed by atoms with E-state index in [4.69, 9.17) is 9.84 Å². The van der Waals surface area contributed by atoms with Gasteiger partial charge in [-0.25, -0.2) is 0 Å². The van der Waals surface area contributed by atoms with E-state index in [1.807, 2.05) is 0 Å². The van der Waals surface area contributed by atoms with Crippen LogP contribution in [0.15, 0.2) is 6.07 Å². The van der Waals surface area contributed by atoms with Crippen LogP contribution in [0.2, 0.25) is 0 Å². The van der Waals surface area contributed by atoms with Crippen molar-refractivity contribution in [1.29, 1.82) is 0 Å². The predicted octanol–water partition coefficient (Wildman–Crippen LogP) is 3.04. The molecule has 4 nitrogen and oxygen atoms in total. The zero-order chi connectivity index (χ0) is 15.1. The van der Waals surface area contributed by atoms with Gasteiger partial charge in [-0.3, -0.25) is 9.58 Å². The second-order valence-corrected chi connectivity index (χ2v) is 9.16. The average Bonchev–Trinajstić information content (AvgIpc) is 2.80. The van der Waals surface area contributed by atoms with Gasteiger partial charge in [-0.2, -0.15) is 5.10 Å². The van der Waals surface area contributed by atoms with Crippen LogP contribution in [0.4, 0.5) is 0 Å². The van der Waals surface area contributed by atoms with Gasteiger partial charge in [0.1, 0.15) is 3.70 Å². The maximum atomic E-state index is 5.41. The lowest BCUT2D eigenvalue weighted by atomic mass is 9.77. The van der Waals surface area contributed by atoms with Crippen molar-refractivity contribution in [2.24, 2.45) is 11.8 Å². The van der Waals surface area contributed by atoms with Crippen LogP contribution in [-0.2, 0) is 4.74 Å². The molecule has 2 aliphatic heterocycles. The van der Waals surface area contributed by atoms with Crippen molar-refractivity contribution >= 4 is 22.6 Å². The van der Waals surface area contributed by atoms with Gasteiger partial charge in [0.05, 0.1) is 19.3 Å². The minimum absolute atomic E-state index is 0.473. The van der Waals surface area contributed by atoms with Crippen LogP contribution in [0, 0.1) is 15.5 Å². The van der Waals surface area contributed by atoms with Gasteiger partial charge in [0.25, 0.3) is 0 Å². The van der Waals surface area contributed by atoms with Gasteiger partial charge in [0.15, 0.2) is 0 Å². The Morgan fingerprint density at radius 2 is 2.05 bits per heavy atom. The molecule has 3 heterocycles. The van der Waals surface area contributed by atoms with Crippen molar-refractivity contribution in [2.45, 2.75) is 56.7 Å². The maximum absolute atomic E-state index is 5.41. The second kappa shape index (κ2) is 4.70. The largest absolute Gasteiger partial charge is 0.378 e. The molecule has 0 aromatic carbocycles. The molecular formula is C17H24IN3O. The van der Waals surface area contributed by atoms with Crippen molar-refractivity contribution in [3.8, 4) is 0 Å². The van der Waals surface area contributed by atoms with E-state index in [0.29, 0.717) is 11.6 Å². The zero-order valence-corrected chi connectivity index (χ0v) is 15.5. The molecule has 0 bridgehead atoms. The van der Waals surface area contributed by atoms with Crippen molar-refractivity contribution in [1.82, 2.24) is 14.7 Å². The minimum Gasteiger partial charge on any atom is -0.378 e. The Labute approximate surface area is 145 Å². The lowest BCUT2D eigenvalue weighted by Gasteiger charge is -2.57. The minimum atomic E-state index is 0.473. The lowest BCUT2D eigenvalue weighted by Crippen LogP contribution is -2.67. The monoisotopic (exact) mass is 413 g/mol. The predicted molar refractivity (Wildman–Crippen MR) is 92.9 cm³/mol. The molecule has 0 N–H and O–H groups in total. The van der Waals surface area contributed by atoms with E-state index >= 15 is 0 Å². The van der Waals surface area contributed by atoms with E-state index in [9.17, 15) is 0 Å². The molecule has 1 aromatic rings. The number of ether oxygens (including phenoxy) is 1. The summed E-state index contributed by atoms with van der Waals surface area (Å²) >= 11 is 2.36. The summed E-state index contributed by atoms with van der Waals surface area (Å²) < 4.78 is 8.84. The van der Waals surface area contributed by atoms with E-state index in [0.717, 1.165) is 40.7 Å². The second-order valence-electron chi connectivity index (χ2n) is 8.05. The first-order valence-electron chi connectivity index (χ1n) is 8.68. The van der Waals surface area contributed by atoms with E-state index in [2.05, 4.69) is 52.1 Å².